The number of para-hydroxylation sites is 2. The summed E-state index contributed by atoms with van der Waals surface area (Å²) >= 11 is 7.33. The highest BCUT2D eigenvalue weighted by molar-refractivity contribution is 7.19. The number of nitrogens with one attached hydrogen (secondary N) is 2. The summed E-state index contributed by atoms with van der Waals surface area (Å²) in [7, 11) is 1.59. The lowest BCUT2D eigenvalue weighted by Gasteiger charge is -2.06. The fraction of sp³-hybridized carbons (Fsp3) is 0.0400. The van der Waals surface area contributed by atoms with Crippen LogP contribution in [-0.2, 0) is 0 Å². The van der Waals surface area contributed by atoms with E-state index in [0.717, 1.165) is 16.7 Å². The molecule has 0 aliphatic rings. The minimum Gasteiger partial charge on any atom is -0.497 e. The molecule has 4 N–H and O–H groups in total. The molecular formula is C25H19ClN4O2S. The fourth-order valence-corrected chi connectivity index (χ4v) is 4.77. The van der Waals surface area contributed by atoms with Crippen molar-refractivity contribution in [2.24, 2.45) is 0 Å². The molecule has 0 saturated carbocycles. The summed E-state index contributed by atoms with van der Waals surface area (Å²) in [4.78, 5) is 21.8. The minimum atomic E-state index is -0.165. The Bertz CT molecular complexity index is 1420. The number of hydrogen-bond donors (Lipinski definition) is 3. The Labute approximate surface area is 199 Å². The van der Waals surface area contributed by atoms with Gasteiger partial charge in [0.2, 0.25) is 5.78 Å². The van der Waals surface area contributed by atoms with E-state index < -0.39 is 0 Å². The predicted molar refractivity (Wildman–Crippen MR) is 135 cm³/mol. The second-order valence-corrected chi connectivity index (χ2v) is 8.80. The van der Waals surface area contributed by atoms with E-state index in [1.807, 2.05) is 36.4 Å². The maximum absolute atomic E-state index is 13.3. The van der Waals surface area contributed by atoms with E-state index in [-0.39, 0.29) is 5.78 Å². The number of ether oxygens (including phenoxy) is 1. The monoisotopic (exact) mass is 474 g/mol. The molecule has 0 fully saturated rings. The number of nitrogens with two attached hydrogens (primary N) is 1. The lowest BCUT2D eigenvalue weighted by atomic mass is 10.1. The molecule has 2 heterocycles. The van der Waals surface area contributed by atoms with Crippen LogP contribution >= 0.6 is 22.9 Å². The summed E-state index contributed by atoms with van der Waals surface area (Å²) in [6.45, 7) is 0. The van der Waals surface area contributed by atoms with Crippen LogP contribution in [0.1, 0.15) is 15.2 Å². The van der Waals surface area contributed by atoms with Gasteiger partial charge < -0.3 is 20.8 Å². The molecule has 0 aliphatic heterocycles. The number of methoxy groups -OCH3 is 1. The van der Waals surface area contributed by atoms with Crippen molar-refractivity contribution in [3.05, 3.63) is 88.3 Å². The molecule has 0 saturated heterocycles. The van der Waals surface area contributed by atoms with E-state index in [1.165, 1.54) is 11.3 Å². The van der Waals surface area contributed by atoms with E-state index in [9.17, 15) is 4.79 Å². The minimum absolute atomic E-state index is 0.165. The second-order valence-electron chi connectivity index (χ2n) is 7.34. The number of halogens is 1. The average molecular weight is 475 g/mol. The van der Waals surface area contributed by atoms with E-state index in [2.05, 4.69) is 10.3 Å². The van der Waals surface area contributed by atoms with Crippen LogP contribution in [0.4, 0.5) is 16.4 Å². The fourth-order valence-electron chi connectivity index (χ4n) is 3.54. The molecule has 0 amide bonds. The maximum Gasteiger partial charge on any atom is 0.205 e. The molecule has 0 aliphatic carbocycles. The highest BCUT2D eigenvalue weighted by Gasteiger charge is 2.25. The van der Waals surface area contributed by atoms with Crippen LogP contribution in [0.3, 0.4) is 0 Å². The van der Waals surface area contributed by atoms with Crippen LogP contribution in [-0.4, -0.2) is 22.9 Å². The van der Waals surface area contributed by atoms with Gasteiger partial charge in [-0.25, -0.2) is 4.98 Å². The maximum atomic E-state index is 13.3. The summed E-state index contributed by atoms with van der Waals surface area (Å²) < 4.78 is 5.20. The van der Waals surface area contributed by atoms with Gasteiger partial charge in [0.15, 0.2) is 0 Å². The van der Waals surface area contributed by atoms with Crippen molar-refractivity contribution in [2.75, 3.05) is 18.2 Å². The summed E-state index contributed by atoms with van der Waals surface area (Å²) in [6, 6.07) is 22.0. The number of benzene rings is 3. The number of carbonyl (C=O) groups excluding carboxylic acids is 1. The summed E-state index contributed by atoms with van der Waals surface area (Å²) in [6.07, 6.45) is 0. The highest BCUT2D eigenvalue weighted by Crippen LogP contribution is 2.44. The number of H-pyrrole nitrogens is 1. The number of aromatic nitrogens is 2. The van der Waals surface area contributed by atoms with Gasteiger partial charge >= 0.3 is 0 Å². The zero-order valence-electron chi connectivity index (χ0n) is 17.6. The van der Waals surface area contributed by atoms with E-state index >= 15 is 0 Å². The molecule has 0 radical (unpaired) electrons. The Morgan fingerprint density at radius 1 is 1.06 bits per heavy atom. The van der Waals surface area contributed by atoms with Crippen LogP contribution < -0.4 is 15.8 Å². The molecule has 8 heteroatoms. The first kappa shape index (κ1) is 21.1. The van der Waals surface area contributed by atoms with Gasteiger partial charge in [0.25, 0.3) is 0 Å². The van der Waals surface area contributed by atoms with Crippen LogP contribution in [0, 0.1) is 0 Å². The van der Waals surface area contributed by atoms with Gasteiger partial charge in [-0.1, -0.05) is 23.7 Å². The normalized spacial score (nSPS) is 11.0. The molecule has 5 rings (SSSR count). The van der Waals surface area contributed by atoms with Crippen LogP contribution in [0.25, 0.3) is 22.4 Å². The number of nitrogen functional groups attached to an aromatic ring is 1. The number of imidazole rings is 1. The number of fused-ring (bicyclic) bond motifs is 1. The smallest absolute Gasteiger partial charge is 0.205 e. The SMILES string of the molecule is COc1ccc(C(=O)c2sc(Nc3ccc(Cl)cc3)c(-c3nc4ccccc4[nH]3)c2N)cc1. The molecule has 33 heavy (non-hydrogen) atoms. The first-order valence-corrected chi connectivity index (χ1v) is 11.3. The van der Waals surface area contributed by atoms with Gasteiger partial charge in [0.05, 0.1) is 29.4 Å². The Kier molecular flexibility index (Phi) is 5.50. The molecular weight excluding hydrogens is 456 g/mol. The lowest BCUT2D eigenvalue weighted by Crippen LogP contribution is -2.02. The highest BCUT2D eigenvalue weighted by atomic mass is 35.5. The molecule has 5 aromatic rings. The topological polar surface area (TPSA) is 93.0 Å². The van der Waals surface area contributed by atoms with Crippen LogP contribution in [0.15, 0.2) is 72.8 Å². The number of hydrogen-bond acceptors (Lipinski definition) is 6. The third kappa shape index (κ3) is 4.04. The molecule has 0 atom stereocenters. The van der Waals surface area contributed by atoms with Gasteiger partial charge in [0.1, 0.15) is 21.5 Å². The van der Waals surface area contributed by atoms with Gasteiger partial charge in [-0.15, -0.1) is 11.3 Å². The molecule has 3 aromatic carbocycles. The van der Waals surface area contributed by atoms with Crippen molar-refractivity contribution in [1.29, 1.82) is 0 Å². The lowest BCUT2D eigenvalue weighted by molar-refractivity contribution is 0.104. The van der Waals surface area contributed by atoms with Gasteiger partial charge in [-0.2, -0.15) is 0 Å². The van der Waals surface area contributed by atoms with Crippen molar-refractivity contribution < 1.29 is 9.53 Å². The quantitative estimate of drug-likeness (QED) is 0.244. The average Bonchev–Trinajstić information content (AvgIpc) is 3.40. The summed E-state index contributed by atoms with van der Waals surface area (Å²) in [5, 5.41) is 4.73. The number of rotatable bonds is 6. The predicted octanol–water partition coefficient (Wildman–Crippen LogP) is 6.51. The van der Waals surface area contributed by atoms with E-state index in [0.29, 0.717) is 43.3 Å². The molecule has 0 spiro atoms. The van der Waals surface area contributed by atoms with Gasteiger partial charge in [-0.3, -0.25) is 4.79 Å². The summed E-state index contributed by atoms with van der Waals surface area (Å²) in [5.41, 5.74) is 10.7. The molecule has 2 aromatic heterocycles. The largest absolute Gasteiger partial charge is 0.497 e. The first-order chi connectivity index (χ1) is 16.0. The number of carbonyl (C=O) groups is 1. The number of anilines is 3. The molecule has 164 valence electrons. The number of aromatic amines is 1. The second kappa shape index (κ2) is 8.61. The Morgan fingerprint density at radius 3 is 2.48 bits per heavy atom. The van der Waals surface area contributed by atoms with Gasteiger partial charge in [-0.05, 0) is 60.7 Å². The van der Waals surface area contributed by atoms with Crippen molar-refractivity contribution in [2.45, 2.75) is 0 Å². The Hall–Kier alpha value is -3.81. The number of nitrogens with zero attached hydrogens (tertiary/aromatic N) is 1. The first-order valence-electron chi connectivity index (χ1n) is 10.1. The van der Waals surface area contributed by atoms with Crippen molar-refractivity contribution >= 4 is 56.1 Å². The zero-order valence-corrected chi connectivity index (χ0v) is 19.1. The van der Waals surface area contributed by atoms with Crippen molar-refractivity contribution in [3.8, 4) is 17.1 Å². The van der Waals surface area contributed by atoms with Crippen molar-refractivity contribution in [3.63, 3.8) is 0 Å². The Balaban J connectivity index is 1.62. The zero-order chi connectivity index (χ0) is 22.9. The number of thiophene rings is 1. The third-order valence-electron chi connectivity index (χ3n) is 5.23. The van der Waals surface area contributed by atoms with Crippen LogP contribution in [0.2, 0.25) is 5.02 Å². The third-order valence-corrected chi connectivity index (χ3v) is 6.60. The standard InChI is InChI=1S/C25H19ClN4O2S/c1-32-17-12-6-14(7-13-17)22(31)23-21(27)20(24-29-18-4-2-3-5-19(18)30-24)25(33-23)28-16-10-8-15(26)9-11-16/h2-13,28H,27H2,1H3,(H,29,30). The molecule has 0 unspecified atom stereocenters. The van der Waals surface area contributed by atoms with Crippen molar-refractivity contribution in [1.82, 2.24) is 9.97 Å². The van der Waals surface area contributed by atoms with E-state index in [4.69, 9.17) is 27.1 Å². The molecule has 6 nitrogen and oxygen atoms in total. The number of ketones is 1. The van der Waals surface area contributed by atoms with Gasteiger partial charge in [0, 0.05) is 16.3 Å². The summed E-state index contributed by atoms with van der Waals surface area (Å²) in [5.74, 6) is 1.11. The van der Waals surface area contributed by atoms with Crippen LogP contribution in [0.5, 0.6) is 5.75 Å². The molecule has 0 bridgehead atoms. The van der Waals surface area contributed by atoms with E-state index in [1.54, 1.807) is 43.5 Å². The Morgan fingerprint density at radius 2 is 1.79 bits per heavy atom.